The van der Waals surface area contributed by atoms with Crippen molar-refractivity contribution in [2.24, 2.45) is 0 Å². The van der Waals surface area contributed by atoms with Crippen molar-refractivity contribution in [2.75, 3.05) is 31.5 Å². The molecule has 8 heteroatoms. The van der Waals surface area contributed by atoms with Gasteiger partial charge in [0.1, 0.15) is 0 Å². The van der Waals surface area contributed by atoms with E-state index in [9.17, 15) is 9.59 Å². The number of hydrogen-bond donors (Lipinski definition) is 1. The Bertz CT molecular complexity index is 701. The van der Waals surface area contributed by atoms with E-state index in [2.05, 4.69) is 10.5 Å². The highest BCUT2D eigenvalue weighted by molar-refractivity contribution is 5.93. The molecule has 0 aliphatic carbocycles. The van der Waals surface area contributed by atoms with E-state index >= 15 is 0 Å². The number of hydrogen-bond acceptors (Lipinski definition) is 6. The fourth-order valence-electron chi connectivity index (χ4n) is 2.68. The van der Waals surface area contributed by atoms with Gasteiger partial charge in [-0.25, -0.2) is 0 Å². The third kappa shape index (κ3) is 3.48. The van der Waals surface area contributed by atoms with E-state index in [-0.39, 0.29) is 17.9 Å². The minimum Gasteiger partial charge on any atom is -0.459 e. The monoisotopic (exact) mass is 332 g/mol. The van der Waals surface area contributed by atoms with Crippen LogP contribution in [0.1, 0.15) is 23.2 Å². The standard InChI is InChI=1S/C16H20N4O4/c1-11-10-14(24-18-11)17-15(21)12(2)19-5-7-20(8-6-19)16(22)13-4-3-9-23-13/h3-4,9-10,12H,5-8H2,1-2H3,(H,17,21)/t12-/m0/s1. The van der Waals surface area contributed by atoms with Gasteiger partial charge < -0.3 is 13.8 Å². The third-order valence-electron chi connectivity index (χ3n) is 4.13. The summed E-state index contributed by atoms with van der Waals surface area (Å²) in [6.07, 6.45) is 1.49. The average Bonchev–Trinajstić information content (AvgIpc) is 3.25. The number of rotatable bonds is 4. The highest BCUT2D eigenvalue weighted by Crippen LogP contribution is 2.13. The molecule has 3 rings (SSSR count). The molecule has 2 aromatic rings. The van der Waals surface area contributed by atoms with Crippen molar-refractivity contribution >= 4 is 17.7 Å². The van der Waals surface area contributed by atoms with E-state index < -0.39 is 0 Å². The van der Waals surface area contributed by atoms with Crippen LogP contribution < -0.4 is 5.32 Å². The molecular formula is C16H20N4O4. The molecule has 2 aromatic heterocycles. The van der Waals surface area contributed by atoms with E-state index in [1.807, 2.05) is 11.8 Å². The van der Waals surface area contributed by atoms with Gasteiger partial charge in [-0.2, -0.15) is 0 Å². The van der Waals surface area contributed by atoms with Crippen LogP contribution in [0, 0.1) is 6.92 Å². The minimum atomic E-state index is -0.323. The van der Waals surface area contributed by atoms with Crippen LogP contribution in [0.4, 0.5) is 5.88 Å². The van der Waals surface area contributed by atoms with Gasteiger partial charge in [0.2, 0.25) is 11.8 Å². The third-order valence-corrected chi connectivity index (χ3v) is 4.13. The molecule has 128 valence electrons. The van der Waals surface area contributed by atoms with Crippen molar-refractivity contribution in [2.45, 2.75) is 19.9 Å². The zero-order valence-electron chi connectivity index (χ0n) is 13.7. The van der Waals surface area contributed by atoms with Gasteiger partial charge in [-0.05, 0) is 26.0 Å². The van der Waals surface area contributed by atoms with Crippen LogP contribution in [-0.4, -0.2) is 59.0 Å². The number of carbonyl (C=O) groups is 2. The van der Waals surface area contributed by atoms with Crippen LogP contribution >= 0.6 is 0 Å². The first-order valence-corrected chi connectivity index (χ1v) is 7.85. The molecule has 0 radical (unpaired) electrons. The number of aryl methyl sites for hydroxylation is 1. The van der Waals surface area contributed by atoms with E-state index in [0.717, 1.165) is 0 Å². The number of nitrogens with one attached hydrogen (secondary N) is 1. The lowest BCUT2D eigenvalue weighted by molar-refractivity contribution is -0.121. The summed E-state index contributed by atoms with van der Waals surface area (Å²) in [6.45, 7) is 5.98. The first kappa shape index (κ1) is 16.3. The van der Waals surface area contributed by atoms with Crippen molar-refractivity contribution in [3.05, 3.63) is 35.9 Å². The van der Waals surface area contributed by atoms with Crippen LogP contribution in [0.3, 0.4) is 0 Å². The van der Waals surface area contributed by atoms with Crippen molar-refractivity contribution in [1.82, 2.24) is 15.0 Å². The SMILES string of the molecule is Cc1cc(NC(=O)[C@H](C)N2CCN(C(=O)c3ccco3)CC2)on1. The van der Waals surface area contributed by atoms with Gasteiger partial charge >= 0.3 is 0 Å². The van der Waals surface area contributed by atoms with Gasteiger partial charge in [0.05, 0.1) is 18.0 Å². The topological polar surface area (TPSA) is 91.8 Å². The number of nitrogens with zero attached hydrogens (tertiary/aromatic N) is 3. The van der Waals surface area contributed by atoms with E-state index in [1.54, 1.807) is 30.0 Å². The number of piperazine rings is 1. The lowest BCUT2D eigenvalue weighted by atomic mass is 10.2. The van der Waals surface area contributed by atoms with Crippen LogP contribution in [0.5, 0.6) is 0 Å². The molecular weight excluding hydrogens is 312 g/mol. The summed E-state index contributed by atoms with van der Waals surface area (Å²) >= 11 is 0. The van der Waals surface area contributed by atoms with E-state index in [4.69, 9.17) is 8.94 Å². The summed E-state index contributed by atoms with van der Waals surface area (Å²) in [5.41, 5.74) is 0.711. The molecule has 1 atom stereocenters. The lowest BCUT2D eigenvalue weighted by Gasteiger charge is -2.36. The number of amides is 2. The molecule has 1 aliphatic heterocycles. The molecule has 1 N–H and O–H groups in total. The first-order chi connectivity index (χ1) is 11.5. The van der Waals surface area contributed by atoms with Crippen molar-refractivity contribution in [3.8, 4) is 0 Å². The first-order valence-electron chi connectivity index (χ1n) is 7.85. The summed E-state index contributed by atoms with van der Waals surface area (Å²) in [4.78, 5) is 28.3. The Kier molecular flexibility index (Phi) is 4.66. The normalized spacial score (nSPS) is 16.8. The Hall–Kier alpha value is -2.61. The van der Waals surface area contributed by atoms with Gasteiger partial charge in [-0.3, -0.25) is 19.8 Å². The van der Waals surface area contributed by atoms with Crippen LogP contribution in [0.25, 0.3) is 0 Å². The maximum absolute atomic E-state index is 12.3. The molecule has 3 heterocycles. The summed E-state index contributed by atoms with van der Waals surface area (Å²) < 4.78 is 10.1. The van der Waals surface area contributed by atoms with Gasteiger partial charge in [-0.15, -0.1) is 0 Å². The Morgan fingerprint density at radius 2 is 2.04 bits per heavy atom. The Morgan fingerprint density at radius 3 is 2.62 bits per heavy atom. The average molecular weight is 332 g/mol. The van der Waals surface area contributed by atoms with Gasteiger partial charge in [-0.1, -0.05) is 5.16 Å². The molecule has 1 aliphatic rings. The lowest BCUT2D eigenvalue weighted by Crippen LogP contribution is -2.54. The fourth-order valence-corrected chi connectivity index (χ4v) is 2.68. The molecule has 0 saturated carbocycles. The smallest absolute Gasteiger partial charge is 0.289 e. The second-order valence-electron chi connectivity index (χ2n) is 5.80. The maximum Gasteiger partial charge on any atom is 0.289 e. The van der Waals surface area contributed by atoms with Gasteiger partial charge in [0, 0.05) is 32.2 Å². The van der Waals surface area contributed by atoms with E-state index in [0.29, 0.717) is 43.5 Å². The second-order valence-corrected chi connectivity index (χ2v) is 5.80. The predicted octanol–water partition coefficient (Wildman–Crippen LogP) is 1.36. The predicted molar refractivity (Wildman–Crippen MR) is 85.5 cm³/mol. The zero-order valence-corrected chi connectivity index (χ0v) is 13.7. The van der Waals surface area contributed by atoms with Crippen molar-refractivity contribution in [3.63, 3.8) is 0 Å². The molecule has 0 aromatic carbocycles. The largest absolute Gasteiger partial charge is 0.459 e. The minimum absolute atomic E-state index is 0.117. The highest BCUT2D eigenvalue weighted by Gasteiger charge is 2.29. The van der Waals surface area contributed by atoms with Crippen LogP contribution in [0.15, 0.2) is 33.4 Å². The molecule has 1 saturated heterocycles. The summed E-state index contributed by atoms with van der Waals surface area (Å²) in [7, 11) is 0. The number of aromatic nitrogens is 1. The molecule has 0 unspecified atom stereocenters. The molecule has 24 heavy (non-hydrogen) atoms. The number of furan rings is 1. The Balaban J connectivity index is 1.52. The Labute approximate surface area is 139 Å². The van der Waals surface area contributed by atoms with E-state index in [1.165, 1.54) is 6.26 Å². The summed E-state index contributed by atoms with van der Waals surface area (Å²) in [5, 5.41) is 6.45. The Morgan fingerprint density at radius 1 is 1.29 bits per heavy atom. The number of carbonyl (C=O) groups excluding carboxylic acids is 2. The molecule has 2 amide bonds. The number of anilines is 1. The van der Waals surface area contributed by atoms with Crippen molar-refractivity contribution in [1.29, 1.82) is 0 Å². The molecule has 8 nitrogen and oxygen atoms in total. The quantitative estimate of drug-likeness (QED) is 0.909. The van der Waals surface area contributed by atoms with Crippen molar-refractivity contribution < 1.29 is 18.5 Å². The summed E-state index contributed by atoms with van der Waals surface area (Å²) in [5.74, 6) is 0.414. The van der Waals surface area contributed by atoms with Gasteiger partial charge in [0.15, 0.2) is 5.76 Å². The molecule has 0 bridgehead atoms. The van der Waals surface area contributed by atoms with Crippen LogP contribution in [0.2, 0.25) is 0 Å². The summed E-state index contributed by atoms with van der Waals surface area (Å²) in [6, 6.07) is 4.70. The molecule has 1 fully saturated rings. The maximum atomic E-state index is 12.3. The van der Waals surface area contributed by atoms with Crippen LogP contribution in [-0.2, 0) is 4.79 Å². The fraction of sp³-hybridized carbons (Fsp3) is 0.438. The highest BCUT2D eigenvalue weighted by atomic mass is 16.5. The van der Waals surface area contributed by atoms with Gasteiger partial charge in [0.25, 0.3) is 5.91 Å². The molecule has 0 spiro atoms. The second kappa shape index (κ2) is 6.88. The zero-order chi connectivity index (χ0) is 17.1.